The summed E-state index contributed by atoms with van der Waals surface area (Å²) in [6, 6.07) is 8.41. The summed E-state index contributed by atoms with van der Waals surface area (Å²) < 4.78 is 1.94. The summed E-state index contributed by atoms with van der Waals surface area (Å²) in [4.78, 5) is 13.3. The maximum Gasteiger partial charge on any atom is 0.166 e. The molecule has 0 radical (unpaired) electrons. The summed E-state index contributed by atoms with van der Waals surface area (Å²) in [7, 11) is 1.93. The lowest BCUT2D eigenvalue weighted by Crippen LogP contribution is -2.17. The van der Waals surface area contributed by atoms with Gasteiger partial charge in [-0.2, -0.15) is 0 Å². The van der Waals surface area contributed by atoms with Gasteiger partial charge in [0.1, 0.15) is 0 Å². The molecule has 17 heavy (non-hydrogen) atoms. The zero-order valence-corrected chi connectivity index (χ0v) is 10.0. The van der Waals surface area contributed by atoms with Crippen LogP contribution in [-0.2, 0) is 7.05 Å². The van der Waals surface area contributed by atoms with Crippen molar-refractivity contribution in [1.29, 1.82) is 0 Å². The molecule has 3 rings (SSSR count). The van der Waals surface area contributed by atoms with E-state index in [0.29, 0.717) is 0 Å². The SMILES string of the molecule is Cn1c(C=O)cc2cc(N3CCCC3)ccc21. The number of aromatic nitrogens is 1. The summed E-state index contributed by atoms with van der Waals surface area (Å²) in [5.74, 6) is 0. The van der Waals surface area contributed by atoms with Gasteiger partial charge in [-0.1, -0.05) is 0 Å². The van der Waals surface area contributed by atoms with E-state index in [9.17, 15) is 4.79 Å². The highest BCUT2D eigenvalue weighted by atomic mass is 16.1. The maximum atomic E-state index is 10.9. The molecule has 0 saturated carbocycles. The summed E-state index contributed by atoms with van der Waals surface area (Å²) in [5, 5.41) is 1.15. The number of aryl methyl sites for hydroxylation is 1. The molecule has 0 bridgehead atoms. The van der Waals surface area contributed by atoms with E-state index in [0.717, 1.165) is 36.0 Å². The monoisotopic (exact) mass is 228 g/mol. The molecule has 0 unspecified atom stereocenters. The third-order valence-electron chi connectivity index (χ3n) is 3.66. The Kier molecular flexibility index (Phi) is 2.39. The topological polar surface area (TPSA) is 25.2 Å². The molecule has 88 valence electrons. The standard InChI is InChI=1S/C14H16N2O/c1-15-13(10-17)9-11-8-12(4-5-14(11)15)16-6-2-3-7-16/h4-5,8-10H,2-3,6-7H2,1H3. The van der Waals surface area contributed by atoms with Gasteiger partial charge in [0.05, 0.1) is 5.69 Å². The van der Waals surface area contributed by atoms with Gasteiger partial charge in [0.2, 0.25) is 0 Å². The second kappa shape index (κ2) is 3.91. The van der Waals surface area contributed by atoms with Gasteiger partial charge in [-0.3, -0.25) is 4.79 Å². The Bertz CT molecular complexity index is 565. The van der Waals surface area contributed by atoms with Gasteiger partial charge >= 0.3 is 0 Å². The van der Waals surface area contributed by atoms with Crippen LogP contribution in [0.25, 0.3) is 10.9 Å². The van der Waals surface area contributed by atoms with Crippen molar-refractivity contribution in [2.75, 3.05) is 18.0 Å². The Morgan fingerprint density at radius 3 is 2.65 bits per heavy atom. The Morgan fingerprint density at radius 2 is 1.94 bits per heavy atom. The van der Waals surface area contributed by atoms with Gasteiger partial charge in [0, 0.05) is 36.7 Å². The molecule has 1 aliphatic heterocycles. The third-order valence-corrected chi connectivity index (χ3v) is 3.66. The number of aldehydes is 1. The fraction of sp³-hybridized carbons (Fsp3) is 0.357. The van der Waals surface area contributed by atoms with Crippen LogP contribution in [0.5, 0.6) is 0 Å². The molecule has 1 fully saturated rings. The van der Waals surface area contributed by atoms with E-state index in [4.69, 9.17) is 0 Å². The number of hydrogen-bond donors (Lipinski definition) is 0. The Morgan fingerprint density at radius 1 is 1.18 bits per heavy atom. The van der Waals surface area contributed by atoms with Gasteiger partial charge in [0.15, 0.2) is 6.29 Å². The van der Waals surface area contributed by atoms with Crippen molar-refractivity contribution in [2.24, 2.45) is 7.05 Å². The van der Waals surface area contributed by atoms with Crippen LogP contribution in [0, 0.1) is 0 Å². The Hall–Kier alpha value is -1.77. The lowest BCUT2D eigenvalue weighted by atomic mass is 10.2. The van der Waals surface area contributed by atoms with Crippen LogP contribution in [0.3, 0.4) is 0 Å². The molecular formula is C14H16N2O. The van der Waals surface area contributed by atoms with Crippen molar-refractivity contribution >= 4 is 22.9 Å². The van der Waals surface area contributed by atoms with Gasteiger partial charge in [-0.15, -0.1) is 0 Å². The van der Waals surface area contributed by atoms with E-state index >= 15 is 0 Å². The second-order valence-electron chi connectivity index (χ2n) is 4.68. The third kappa shape index (κ3) is 1.62. The number of rotatable bonds is 2. The molecule has 0 spiro atoms. The zero-order chi connectivity index (χ0) is 11.8. The van der Waals surface area contributed by atoms with Gasteiger partial charge in [-0.25, -0.2) is 0 Å². The minimum atomic E-state index is 0.735. The van der Waals surface area contributed by atoms with E-state index in [1.54, 1.807) is 0 Å². The first-order valence-corrected chi connectivity index (χ1v) is 6.09. The molecule has 1 saturated heterocycles. The number of nitrogens with zero attached hydrogens (tertiary/aromatic N) is 2. The molecule has 0 amide bonds. The molecule has 0 aliphatic carbocycles. The lowest BCUT2D eigenvalue weighted by molar-refractivity contribution is 0.111. The molecule has 3 nitrogen and oxygen atoms in total. The van der Waals surface area contributed by atoms with Gasteiger partial charge < -0.3 is 9.47 Å². The maximum absolute atomic E-state index is 10.9. The van der Waals surface area contributed by atoms with Crippen LogP contribution < -0.4 is 4.90 Å². The molecule has 0 atom stereocenters. The van der Waals surface area contributed by atoms with Crippen LogP contribution in [-0.4, -0.2) is 23.9 Å². The van der Waals surface area contributed by atoms with Crippen LogP contribution >= 0.6 is 0 Å². The molecular weight excluding hydrogens is 212 g/mol. The van der Waals surface area contributed by atoms with E-state index in [1.807, 2.05) is 17.7 Å². The summed E-state index contributed by atoms with van der Waals surface area (Å²) in [5.41, 5.74) is 3.13. The van der Waals surface area contributed by atoms with E-state index in [1.165, 1.54) is 18.5 Å². The van der Waals surface area contributed by atoms with Crippen molar-refractivity contribution < 1.29 is 4.79 Å². The van der Waals surface area contributed by atoms with Crippen molar-refractivity contribution in [2.45, 2.75) is 12.8 Å². The lowest BCUT2D eigenvalue weighted by Gasteiger charge is -2.17. The van der Waals surface area contributed by atoms with Crippen molar-refractivity contribution in [3.8, 4) is 0 Å². The highest BCUT2D eigenvalue weighted by molar-refractivity contribution is 5.90. The predicted molar refractivity (Wildman–Crippen MR) is 69.8 cm³/mol. The molecule has 0 N–H and O–H groups in total. The smallest absolute Gasteiger partial charge is 0.166 e. The number of carbonyl (C=O) groups excluding carboxylic acids is 1. The summed E-state index contributed by atoms with van der Waals surface area (Å²) in [6.45, 7) is 2.30. The number of benzene rings is 1. The van der Waals surface area contributed by atoms with Crippen LogP contribution in [0.15, 0.2) is 24.3 Å². The Balaban J connectivity index is 2.09. The molecule has 1 aliphatic rings. The molecule has 2 aromatic rings. The fourth-order valence-corrected chi connectivity index (χ4v) is 2.64. The number of fused-ring (bicyclic) bond motifs is 1. The number of carbonyl (C=O) groups is 1. The van der Waals surface area contributed by atoms with Crippen molar-refractivity contribution in [3.05, 3.63) is 30.0 Å². The normalized spacial score (nSPS) is 15.7. The number of anilines is 1. The predicted octanol–water partition coefficient (Wildman–Crippen LogP) is 2.59. The van der Waals surface area contributed by atoms with Crippen LogP contribution in [0.2, 0.25) is 0 Å². The Labute approximate surface area is 101 Å². The van der Waals surface area contributed by atoms with Crippen molar-refractivity contribution in [1.82, 2.24) is 4.57 Å². The van der Waals surface area contributed by atoms with Crippen LogP contribution in [0.1, 0.15) is 23.3 Å². The minimum absolute atomic E-state index is 0.735. The average Bonchev–Trinajstić information content (AvgIpc) is 2.97. The van der Waals surface area contributed by atoms with E-state index < -0.39 is 0 Å². The first kappa shape index (κ1) is 10.4. The number of hydrogen-bond acceptors (Lipinski definition) is 2. The van der Waals surface area contributed by atoms with E-state index in [2.05, 4.69) is 23.1 Å². The quantitative estimate of drug-likeness (QED) is 0.738. The summed E-state index contributed by atoms with van der Waals surface area (Å²) in [6.07, 6.45) is 3.48. The molecule has 3 heteroatoms. The van der Waals surface area contributed by atoms with Crippen molar-refractivity contribution in [3.63, 3.8) is 0 Å². The minimum Gasteiger partial charge on any atom is -0.372 e. The summed E-state index contributed by atoms with van der Waals surface area (Å²) >= 11 is 0. The molecule has 1 aromatic carbocycles. The molecule has 2 heterocycles. The highest BCUT2D eigenvalue weighted by Gasteiger charge is 2.13. The highest BCUT2D eigenvalue weighted by Crippen LogP contribution is 2.26. The first-order valence-electron chi connectivity index (χ1n) is 6.09. The fourth-order valence-electron chi connectivity index (χ4n) is 2.64. The zero-order valence-electron chi connectivity index (χ0n) is 10.0. The molecule has 1 aromatic heterocycles. The van der Waals surface area contributed by atoms with Gasteiger partial charge in [0.25, 0.3) is 0 Å². The van der Waals surface area contributed by atoms with Crippen LogP contribution in [0.4, 0.5) is 5.69 Å². The largest absolute Gasteiger partial charge is 0.372 e. The van der Waals surface area contributed by atoms with Gasteiger partial charge in [-0.05, 0) is 37.1 Å². The van der Waals surface area contributed by atoms with E-state index in [-0.39, 0.29) is 0 Å². The second-order valence-corrected chi connectivity index (χ2v) is 4.68. The average molecular weight is 228 g/mol. The first-order chi connectivity index (χ1) is 8.29.